The molecular weight excluding hydrogens is 376 g/mol. The van der Waals surface area contributed by atoms with Crippen molar-refractivity contribution in [2.75, 3.05) is 0 Å². The number of hydrogen-bond donors (Lipinski definition) is 2. The first-order valence-corrected chi connectivity index (χ1v) is 8.35. The van der Waals surface area contributed by atoms with Crippen LogP contribution >= 0.6 is 0 Å². The molecule has 0 spiro atoms. The molecule has 4 aromatic rings. The smallest absolute Gasteiger partial charge is 0.282 e. The lowest BCUT2D eigenvalue weighted by Gasteiger charge is -2.05. The van der Waals surface area contributed by atoms with Crippen LogP contribution in [0.15, 0.2) is 57.5 Å². The van der Waals surface area contributed by atoms with Crippen LogP contribution in [0.4, 0.5) is 22.7 Å². The molecule has 2 heterocycles. The van der Waals surface area contributed by atoms with Crippen molar-refractivity contribution >= 4 is 39.4 Å². The van der Waals surface area contributed by atoms with Crippen molar-refractivity contribution in [2.24, 2.45) is 10.2 Å². The molecule has 2 N–H and O–H groups in total. The van der Waals surface area contributed by atoms with E-state index in [1.807, 2.05) is 0 Å². The van der Waals surface area contributed by atoms with Gasteiger partial charge < -0.3 is 10.1 Å². The maximum absolute atomic E-state index is 13.1. The molecule has 142 valence electrons. The van der Waals surface area contributed by atoms with Crippen LogP contribution in [0.3, 0.4) is 0 Å². The van der Waals surface area contributed by atoms with Gasteiger partial charge in [0.1, 0.15) is 22.8 Å². The first kappa shape index (κ1) is 17.9. The SMILES string of the molecule is [C-]#[N+]c1c(C)c(N=Nc2cc([N+](=O)[O-])ccc2O)c(=O)n2c1[nH]c1ccccc12. The second-order valence-electron chi connectivity index (χ2n) is 6.20. The van der Waals surface area contributed by atoms with E-state index in [0.29, 0.717) is 22.2 Å². The van der Waals surface area contributed by atoms with Crippen LogP contribution in [0.25, 0.3) is 21.5 Å². The summed E-state index contributed by atoms with van der Waals surface area (Å²) >= 11 is 0. The van der Waals surface area contributed by atoms with E-state index < -0.39 is 10.5 Å². The molecule has 0 atom stereocenters. The van der Waals surface area contributed by atoms with E-state index in [1.54, 1.807) is 31.2 Å². The number of hydrogen-bond acceptors (Lipinski definition) is 6. The summed E-state index contributed by atoms with van der Waals surface area (Å²) in [6.07, 6.45) is 0. The minimum absolute atomic E-state index is 0.0934. The minimum Gasteiger partial charge on any atom is -0.506 e. The summed E-state index contributed by atoms with van der Waals surface area (Å²) < 4.78 is 1.34. The summed E-state index contributed by atoms with van der Waals surface area (Å²) in [7, 11) is 0. The van der Waals surface area contributed by atoms with E-state index >= 15 is 0 Å². The number of para-hydroxylation sites is 2. The van der Waals surface area contributed by atoms with Crippen molar-refractivity contribution in [1.29, 1.82) is 0 Å². The Kier molecular flexibility index (Phi) is 4.05. The zero-order chi connectivity index (χ0) is 20.7. The number of aromatic amines is 1. The normalized spacial score (nSPS) is 11.3. The molecule has 0 fully saturated rings. The van der Waals surface area contributed by atoms with Gasteiger partial charge in [-0.15, -0.1) is 10.2 Å². The molecule has 0 aliphatic carbocycles. The van der Waals surface area contributed by atoms with E-state index in [2.05, 4.69) is 20.1 Å². The number of nitrogens with zero attached hydrogens (tertiary/aromatic N) is 5. The third-order valence-electron chi connectivity index (χ3n) is 4.50. The number of H-pyrrole nitrogens is 1. The lowest BCUT2D eigenvalue weighted by molar-refractivity contribution is -0.384. The van der Waals surface area contributed by atoms with E-state index in [-0.39, 0.29) is 28.5 Å². The third kappa shape index (κ3) is 2.78. The number of nitro benzene ring substituents is 1. The van der Waals surface area contributed by atoms with Crippen molar-refractivity contribution < 1.29 is 10.0 Å². The van der Waals surface area contributed by atoms with Crippen molar-refractivity contribution in [3.05, 3.63) is 79.9 Å². The van der Waals surface area contributed by atoms with Crippen LogP contribution in [0.5, 0.6) is 5.75 Å². The van der Waals surface area contributed by atoms with Crippen molar-refractivity contribution in [2.45, 2.75) is 6.92 Å². The number of imidazole rings is 1. The van der Waals surface area contributed by atoms with Gasteiger partial charge in [0, 0.05) is 12.1 Å². The van der Waals surface area contributed by atoms with E-state index in [9.17, 15) is 20.0 Å². The van der Waals surface area contributed by atoms with Crippen molar-refractivity contribution in [3.8, 4) is 5.75 Å². The van der Waals surface area contributed by atoms with Gasteiger partial charge in [0.15, 0.2) is 0 Å². The van der Waals surface area contributed by atoms with Gasteiger partial charge in [0.25, 0.3) is 11.2 Å². The fraction of sp³-hybridized carbons (Fsp3) is 0.0526. The zero-order valence-electron chi connectivity index (χ0n) is 14.9. The Labute approximate surface area is 162 Å². The second kappa shape index (κ2) is 6.58. The summed E-state index contributed by atoms with van der Waals surface area (Å²) in [4.78, 5) is 30.0. The van der Waals surface area contributed by atoms with E-state index in [1.165, 1.54) is 4.40 Å². The van der Waals surface area contributed by atoms with Crippen molar-refractivity contribution in [3.63, 3.8) is 0 Å². The van der Waals surface area contributed by atoms with Crippen LogP contribution in [0.1, 0.15) is 5.56 Å². The van der Waals surface area contributed by atoms with Crippen LogP contribution < -0.4 is 5.56 Å². The molecule has 0 aliphatic rings. The van der Waals surface area contributed by atoms with Gasteiger partial charge in [0.2, 0.25) is 5.69 Å². The Morgan fingerprint density at radius 3 is 2.72 bits per heavy atom. The number of aromatic hydroxyl groups is 1. The Morgan fingerprint density at radius 2 is 2.00 bits per heavy atom. The number of azo groups is 1. The Hall–Kier alpha value is -4.52. The number of non-ortho nitro benzene ring substituents is 1. The lowest BCUT2D eigenvalue weighted by Crippen LogP contribution is -2.13. The lowest BCUT2D eigenvalue weighted by atomic mass is 10.2. The fourth-order valence-electron chi connectivity index (χ4n) is 3.07. The predicted molar refractivity (Wildman–Crippen MR) is 105 cm³/mol. The maximum atomic E-state index is 13.1. The minimum atomic E-state index is -0.631. The van der Waals surface area contributed by atoms with E-state index in [4.69, 9.17) is 6.57 Å². The molecule has 2 aromatic heterocycles. The molecule has 10 heteroatoms. The van der Waals surface area contributed by atoms with Crippen LogP contribution in [-0.2, 0) is 0 Å². The quantitative estimate of drug-likeness (QED) is 0.229. The first-order valence-electron chi connectivity index (χ1n) is 8.35. The van der Waals surface area contributed by atoms with Gasteiger partial charge in [-0.05, 0) is 30.7 Å². The predicted octanol–water partition coefficient (Wildman–Crippen LogP) is 4.67. The average Bonchev–Trinajstić information content (AvgIpc) is 3.08. The molecule has 2 aromatic carbocycles. The molecule has 4 rings (SSSR count). The number of nitrogens with one attached hydrogen (secondary N) is 1. The molecule has 0 unspecified atom stereocenters. The largest absolute Gasteiger partial charge is 0.506 e. The maximum Gasteiger partial charge on any atom is 0.282 e. The molecule has 29 heavy (non-hydrogen) atoms. The summed E-state index contributed by atoms with van der Waals surface area (Å²) in [5.74, 6) is -0.323. The number of phenolic OH excluding ortho intramolecular Hbond substituents is 1. The molecular formula is C19H12N6O4. The van der Waals surface area contributed by atoms with Gasteiger partial charge in [-0.1, -0.05) is 12.1 Å². The molecule has 0 aliphatic heterocycles. The van der Waals surface area contributed by atoms with Gasteiger partial charge in [-0.2, -0.15) is 0 Å². The van der Waals surface area contributed by atoms with Crippen LogP contribution in [-0.4, -0.2) is 19.4 Å². The van der Waals surface area contributed by atoms with Gasteiger partial charge >= 0.3 is 0 Å². The van der Waals surface area contributed by atoms with Gasteiger partial charge in [-0.25, -0.2) is 4.85 Å². The number of nitro groups is 1. The number of benzene rings is 2. The number of fused-ring (bicyclic) bond motifs is 3. The highest BCUT2D eigenvalue weighted by Gasteiger charge is 2.19. The molecule has 10 nitrogen and oxygen atoms in total. The Balaban J connectivity index is 1.98. The molecule has 0 amide bonds. The van der Waals surface area contributed by atoms with Gasteiger partial charge in [-0.3, -0.25) is 19.3 Å². The average molecular weight is 388 g/mol. The molecule has 0 radical (unpaired) electrons. The Morgan fingerprint density at radius 1 is 1.24 bits per heavy atom. The van der Waals surface area contributed by atoms with E-state index in [0.717, 1.165) is 18.2 Å². The summed E-state index contributed by atoms with van der Waals surface area (Å²) in [5.41, 5.74) is 1.08. The highest BCUT2D eigenvalue weighted by Crippen LogP contribution is 2.35. The summed E-state index contributed by atoms with van der Waals surface area (Å²) in [5, 5.41) is 28.6. The molecule has 0 bridgehead atoms. The van der Waals surface area contributed by atoms with Crippen molar-refractivity contribution in [1.82, 2.24) is 9.38 Å². The Bertz CT molecular complexity index is 1440. The first-order chi connectivity index (χ1) is 13.9. The molecule has 0 saturated carbocycles. The number of rotatable bonds is 3. The monoisotopic (exact) mass is 388 g/mol. The van der Waals surface area contributed by atoms with Crippen LogP contribution in [0.2, 0.25) is 0 Å². The second-order valence-corrected chi connectivity index (χ2v) is 6.20. The number of aromatic nitrogens is 2. The molecule has 0 saturated heterocycles. The summed E-state index contributed by atoms with van der Waals surface area (Å²) in [6.45, 7) is 9.09. The van der Waals surface area contributed by atoms with Crippen LogP contribution in [0, 0.1) is 23.6 Å². The highest BCUT2D eigenvalue weighted by molar-refractivity contribution is 5.88. The standard InChI is InChI=1S/C19H12N6O4/c1-10-16(20-2)18-21-12-5-3-4-6-14(12)24(18)19(27)17(10)23-22-13-9-11(25(28)29)7-8-15(13)26/h3-9,21,26H,1H3. The number of pyridine rings is 1. The topological polar surface area (TPSA) is 130 Å². The number of phenols is 1. The third-order valence-corrected chi connectivity index (χ3v) is 4.50. The fourth-order valence-corrected chi connectivity index (χ4v) is 3.07. The van der Waals surface area contributed by atoms with Gasteiger partial charge in [0.05, 0.1) is 22.5 Å². The summed E-state index contributed by atoms with van der Waals surface area (Å²) in [6, 6.07) is 10.4. The zero-order valence-corrected chi connectivity index (χ0v) is 14.9. The highest BCUT2D eigenvalue weighted by atomic mass is 16.6.